The van der Waals surface area contributed by atoms with Crippen LogP contribution in [0.25, 0.3) is 0 Å². The van der Waals surface area contributed by atoms with Crippen molar-refractivity contribution in [3.8, 4) is 0 Å². The minimum atomic E-state index is -3.48. The van der Waals surface area contributed by atoms with Gasteiger partial charge in [0.1, 0.15) is 12.2 Å². The number of carbonyl (C=O) groups excluding carboxylic acids is 1. The van der Waals surface area contributed by atoms with E-state index in [2.05, 4.69) is 0 Å². The highest BCUT2D eigenvalue weighted by atomic mass is 32.2. The molecule has 1 amide bonds. The predicted molar refractivity (Wildman–Crippen MR) is 71.5 cm³/mol. The molecule has 1 aliphatic heterocycles. The van der Waals surface area contributed by atoms with E-state index in [1.807, 2.05) is 0 Å². The van der Waals surface area contributed by atoms with Crippen molar-refractivity contribution in [1.82, 2.24) is 4.90 Å². The molecule has 6 nitrogen and oxygen atoms in total. The van der Waals surface area contributed by atoms with Crippen molar-refractivity contribution in [2.45, 2.75) is 23.5 Å². The first-order chi connectivity index (χ1) is 9.70. The zero-order chi connectivity index (χ0) is 15.8. The second kappa shape index (κ2) is 5.44. The monoisotopic (exact) mass is 315 g/mol. The lowest BCUT2D eigenvalue weighted by molar-refractivity contribution is -0.141. The first kappa shape index (κ1) is 15.4. The Morgan fingerprint density at radius 2 is 2.05 bits per heavy atom. The number of carbonyl (C=O) groups is 2. The third kappa shape index (κ3) is 3.21. The normalized spacial score (nSPS) is 22.3. The summed E-state index contributed by atoms with van der Waals surface area (Å²) >= 11 is 0. The van der Waals surface area contributed by atoms with E-state index in [1.165, 1.54) is 24.3 Å². The Morgan fingerprint density at radius 1 is 1.38 bits per heavy atom. The number of nitrogens with zero attached hydrogens (tertiary/aromatic N) is 1. The van der Waals surface area contributed by atoms with Crippen LogP contribution in [0.15, 0.2) is 29.2 Å². The van der Waals surface area contributed by atoms with Crippen LogP contribution in [0.2, 0.25) is 0 Å². The van der Waals surface area contributed by atoms with E-state index in [0.717, 1.165) is 11.2 Å². The van der Waals surface area contributed by atoms with Gasteiger partial charge in [-0.1, -0.05) is 6.07 Å². The number of carboxylic acid groups (broad SMARTS) is 1. The van der Waals surface area contributed by atoms with Crippen LogP contribution in [0.1, 0.15) is 16.8 Å². The maximum absolute atomic E-state index is 13.4. The number of carboxylic acids is 1. The Hall–Kier alpha value is -1.96. The Balaban J connectivity index is 2.34. The summed E-state index contributed by atoms with van der Waals surface area (Å²) in [6, 6.07) is 4.05. The summed E-state index contributed by atoms with van der Waals surface area (Å²) < 4.78 is 36.3. The summed E-state index contributed by atoms with van der Waals surface area (Å²) in [7, 11) is -3.48. The van der Waals surface area contributed by atoms with Gasteiger partial charge in [0.05, 0.1) is 11.4 Å². The van der Waals surface area contributed by atoms with Gasteiger partial charge in [-0.05, 0) is 18.2 Å². The number of rotatable bonds is 3. The lowest BCUT2D eigenvalue weighted by atomic mass is 10.1. The van der Waals surface area contributed by atoms with E-state index in [1.54, 1.807) is 0 Å². The number of halogens is 1. The molecule has 2 atom stereocenters. The number of likely N-dealkylation sites (tertiary alicyclic amines) is 1. The highest BCUT2D eigenvalue weighted by Crippen LogP contribution is 2.23. The van der Waals surface area contributed by atoms with E-state index in [4.69, 9.17) is 5.11 Å². The molecule has 114 valence electrons. The van der Waals surface area contributed by atoms with E-state index >= 15 is 0 Å². The smallest absolute Gasteiger partial charge is 0.326 e. The van der Waals surface area contributed by atoms with E-state index in [9.17, 15) is 22.4 Å². The minimum absolute atomic E-state index is 0.0262. The summed E-state index contributed by atoms with van der Waals surface area (Å²) in [5, 5.41) is 9.02. The molecule has 1 fully saturated rings. The number of sulfone groups is 1. The van der Waals surface area contributed by atoms with Gasteiger partial charge in [-0.2, -0.15) is 0 Å². The molecule has 0 bridgehead atoms. The van der Waals surface area contributed by atoms with Gasteiger partial charge in [-0.3, -0.25) is 4.79 Å². The molecule has 21 heavy (non-hydrogen) atoms. The van der Waals surface area contributed by atoms with Crippen molar-refractivity contribution in [2.24, 2.45) is 0 Å². The zero-order valence-corrected chi connectivity index (χ0v) is 12.0. The maximum atomic E-state index is 13.4. The SMILES string of the molecule is CS(=O)(=O)c1cccc(C(=O)N2C[C@@H](F)C[C@@H]2C(=O)O)c1. The average molecular weight is 315 g/mol. The van der Waals surface area contributed by atoms with Crippen molar-refractivity contribution < 1.29 is 27.5 Å². The van der Waals surface area contributed by atoms with Gasteiger partial charge in [-0.25, -0.2) is 17.6 Å². The number of amides is 1. The summed E-state index contributed by atoms with van der Waals surface area (Å²) in [6.07, 6.45) is -0.648. The fourth-order valence-corrected chi connectivity index (χ4v) is 2.94. The van der Waals surface area contributed by atoms with Crippen LogP contribution in [-0.2, 0) is 14.6 Å². The summed E-state index contributed by atoms with van der Waals surface area (Å²) in [5.41, 5.74) is 0.0262. The zero-order valence-electron chi connectivity index (χ0n) is 11.2. The van der Waals surface area contributed by atoms with Gasteiger partial charge in [-0.15, -0.1) is 0 Å². The number of hydrogen-bond acceptors (Lipinski definition) is 4. The molecule has 1 aromatic carbocycles. The van der Waals surface area contributed by atoms with Crippen molar-refractivity contribution in [3.63, 3.8) is 0 Å². The first-order valence-electron chi connectivity index (χ1n) is 6.18. The van der Waals surface area contributed by atoms with Crippen LogP contribution in [-0.4, -0.2) is 55.3 Å². The lowest BCUT2D eigenvalue weighted by Crippen LogP contribution is -2.40. The molecule has 2 rings (SSSR count). The Labute approximate surface area is 121 Å². The largest absolute Gasteiger partial charge is 0.480 e. The molecule has 8 heteroatoms. The lowest BCUT2D eigenvalue weighted by Gasteiger charge is -2.21. The molecule has 0 aliphatic carbocycles. The molecule has 1 heterocycles. The fourth-order valence-electron chi connectivity index (χ4n) is 2.27. The average Bonchev–Trinajstić information content (AvgIpc) is 2.79. The summed E-state index contributed by atoms with van der Waals surface area (Å²) in [6.45, 7) is -0.307. The highest BCUT2D eigenvalue weighted by molar-refractivity contribution is 7.90. The van der Waals surface area contributed by atoms with Gasteiger partial charge in [0, 0.05) is 18.2 Å². The Morgan fingerprint density at radius 3 is 2.62 bits per heavy atom. The molecule has 0 aromatic heterocycles. The number of alkyl halides is 1. The predicted octanol–water partition coefficient (Wildman–Crippen LogP) is 0.727. The van der Waals surface area contributed by atoms with Crippen LogP contribution in [0.3, 0.4) is 0 Å². The van der Waals surface area contributed by atoms with E-state index in [-0.39, 0.29) is 23.4 Å². The van der Waals surface area contributed by atoms with E-state index in [0.29, 0.717) is 0 Å². The van der Waals surface area contributed by atoms with Crippen LogP contribution in [0.4, 0.5) is 4.39 Å². The first-order valence-corrected chi connectivity index (χ1v) is 8.07. The topological polar surface area (TPSA) is 91.8 Å². The van der Waals surface area contributed by atoms with Crippen LogP contribution in [0.5, 0.6) is 0 Å². The number of benzene rings is 1. The van der Waals surface area contributed by atoms with Gasteiger partial charge >= 0.3 is 5.97 Å². The quantitative estimate of drug-likeness (QED) is 0.887. The van der Waals surface area contributed by atoms with Crippen molar-refractivity contribution in [1.29, 1.82) is 0 Å². The number of hydrogen-bond donors (Lipinski definition) is 1. The van der Waals surface area contributed by atoms with Gasteiger partial charge in [0.2, 0.25) is 0 Å². The van der Waals surface area contributed by atoms with Crippen LogP contribution < -0.4 is 0 Å². The molecule has 1 saturated heterocycles. The van der Waals surface area contributed by atoms with Crippen molar-refractivity contribution in [3.05, 3.63) is 29.8 Å². The second-order valence-corrected chi connectivity index (χ2v) is 6.96. The minimum Gasteiger partial charge on any atom is -0.480 e. The van der Waals surface area contributed by atoms with Crippen molar-refractivity contribution >= 4 is 21.7 Å². The standard InChI is InChI=1S/C13H14FNO5S/c1-21(19,20)10-4-2-3-8(5-10)12(16)15-7-9(14)6-11(15)13(17)18/h2-5,9,11H,6-7H2,1H3,(H,17,18)/t9-,11+/m0/s1. The van der Waals surface area contributed by atoms with E-state index < -0.39 is 33.9 Å². The van der Waals surface area contributed by atoms with Gasteiger partial charge in [0.15, 0.2) is 9.84 Å². The van der Waals surface area contributed by atoms with Crippen LogP contribution >= 0.6 is 0 Å². The Kier molecular flexibility index (Phi) is 3.99. The van der Waals surface area contributed by atoms with Gasteiger partial charge < -0.3 is 10.0 Å². The third-order valence-corrected chi connectivity index (χ3v) is 4.42. The highest BCUT2D eigenvalue weighted by Gasteiger charge is 2.40. The molecule has 1 aliphatic rings. The molecular formula is C13H14FNO5S. The molecular weight excluding hydrogens is 301 g/mol. The Bertz CT molecular complexity index is 688. The fraction of sp³-hybridized carbons (Fsp3) is 0.385. The molecule has 1 N–H and O–H groups in total. The summed E-state index contributed by atoms with van der Waals surface area (Å²) in [5.74, 6) is -1.96. The summed E-state index contributed by atoms with van der Waals surface area (Å²) in [4.78, 5) is 24.2. The van der Waals surface area contributed by atoms with Crippen LogP contribution in [0, 0.1) is 0 Å². The third-order valence-electron chi connectivity index (χ3n) is 3.31. The molecule has 0 spiro atoms. The molecule has 0 unspecified atom stereocenters. The number of aliphatic carboxylic acids is 1. The molecule has 0 radical (unpaired) electrons. The molecule has 0 saturated carbocycles. The molecule has 1 aromatic rings. The van der Waals surface area contributed by atoms with Gasteiger partial charge in [0.25, 0.3) is 5.91 Å². The van der Waals surface area contributed by atoms with Crippen molar-refractivity contribution in [2.75, 3.05) is 12.8 Å². The second-order valence-electron chi connectivity index (χ2n) is 4.94. The maximum Gasteiger partial charge on any atom is 0.326 e.